The van der Waals surface area contributed by atoms with Gasteiger partial charge in [0.15, 0.2) is 0 Å². The van der Waals surface area contributed by atoms with Crippen molar-refractivity contribution in [2.75, 3.05) is 39.6 Å². The fourth-order valence-electron chi connectivity index (χ4n) is 1.64. The number of hydrogen-bond acceptors (Lipinski definition) is 6. The summed E-state index contributed by atoms with van der Waals surface area (Å²) in [7, 11) is 0. The molecule has 0 aliphatic heterocycles. The smallest absolute Gasteiger partial charge is 0.0781 e. The van der Waals surface area contributed by atoms with Gasteiger partial charge in [-0.05, 0) is 40.5 Å². The number of nitrogens with two attached hydrogens (primary N) is 2. The molecule has 6 nitrogen and oxygen atoms in total. The number of unbranched alkanes of at least 4 members (excludes halogenated alkanes) is 1. The third-order valence-corrected chi connectivity index (χ3v) is 2.82. The largest absolute Gasteiger partial charge is 0.380 e. The van der Waals surface area contributed by atoms with Crippen LogP contribution in [-0.4, -0.2) is 63.9 Å². The van der Waals surface area contributed by atoms with Crippen LogP contribution < -0.4 is 11.5 Å². The highest BCUT2D eigenvalue weighted by Crippen LogP contribution is 2.00. The predicted molar refractivity (Wildman–Crippen MR) is 89.0 cm³/mol. The van der Waals surface area contributed by atoms with Crippen molar-refractivity contribution in [3.63, 3.8) is 0 Å². The molecule has 0 aromatic rings. The van der Waals surface area contributed by atoms with Crippen LogP contribution in [0.2, 0.25) is 0 Å². The lowest BCUT2D eigenvalue weighted by molar-refractivity contribution is -0.0589. The Morgan fingerprint density at radius 3 is 1.64 bits per heavy atom. The molecule has 0 aromatic heterocycles. The maximum atomic E-state index is 5.68. The van der Waals surface area contributed by atoms with Gasteiger partial charge in [0.2, 0.25) is 0 Å². The molecule has 0 aromatic carbocycles. The molecule has 0 fully saturated rings. The maximum Gasteiger partial charge on any atom is 0.0781 e. The molecule has 0 spiro atoms. The molecule has 0 bridgehead atoms. The molecular formula is C16H36N2O4. The lowest BCUT2D eigenvalue weighted by atomic mass is 10.3. The van der Waals surface area contributed by atoms with E-state index in [9.17, 15) is 0 Å². The summed E-state index contributed by atoms with van der Waals surface area (Å²) in [4.78, 5) is 0. The zero-order chi connectivity index (χ0) is 16.8. The Hall–Kier alpha value is -0.240. The molecule has 134 valence electrons. The molecule has 4 N–H and O–H groups in total. The van der Waals surface area contributed by atoms with E-state index < -0.39 is 0 Å². The van der Waals surface area contributed by atoms with E-state index in [1.54, 1.807) is 0 Å². The van der Waals surface area contributed by atoms with Crippen LogP contribution in [0.5, 0.6) is 0 Å². The molecule has 4 atom stereocenters. The van der Waals surface area contributed by atoms with Crippen molar-refractivity contribution in [3.8, 4) is 0 Å². The minimum Gasteiger partial charge on any atom is -0.380 e. The lowest BCUT2D eigenvalue weighted by Gasteiger charge is -2.18. The van der Waals surface area contributed by atoms with Crippen molar-refractivity contribution in [1.82, 2.24) is 0 Å². The van der Waals surface area contributed by atoms with Gasteiger partial charge >= 0.3 is 0 Å². The number of hydrogen-bond donors (Lipinski definition) is 2. The van der Waals surface area contributed by atoms with E-state index >= 15 is 0 Å². The van der Waals surface area contributed by atoms with Gasteiger partial charge in [-0.15, -0.1) is 0 Å². The first-order chi connectivity index (χ1) is 10.4. The Morgan fingerprint density at radius 2 is 1.09 bits per heavy atom. The van der Waals surface area contributed by atoms with Crippen molar-refractivity contribution in [2.45, 2.75) is 64.8 Å². The first-order valence-electron chi connectivity index (χ1n) is 8.31. The van der Waals surface area contributed by atoms with Crippen molar-refractivity contribution in [1.29, 1.82) is 0 Å². The summed E-state index contributed by atoms with van der Waals surface area (Å²) in [5.41, 5.74) is 11.2. The van der Waals surface area contributed by atoms with Gasteiger partial charge in [-0.25, -0.2) is 0 Å². The summed E-state index contributed by atoms with van der Waals surface area (Å²) in [5, 5.41) is 0. The number of rotatable bonds is 15. The van der Waals surface area contributed by atoms with Gasteiger partial charge in [0.25, 0.3) is 0 Å². The van der Waals surface area contributed by atoms with E-state index in [1.807, 2.05) is 27.7 Å². The molecule has 0 heterocycles. The Kier molecular flexibility index (Phi) is 14.2. The molecule has 6 heteroatoms. The second-order valence-corrected chi connectivity index (χ2v) is 6.10. The molecule has 22 heavy (non-hydrogen) atoms. The van der Waals surface area contributed by atoms with E-state index in [1.165, 1.54) is 0 Å². The Balaban J connectivity index is 3.33. The second-order valence-electron chi connectivity index (χ2n) is 6.10. The van der Waals surface area contributed by atoms with Crippen LogP contribution in [0, 0.1) is 0 Å². The van der Waals surface area contributed by atoms with Crippen LogP contribution in [0.25, 0.3) is 0 Å². The molecule has 0 saturated heterocycles. The second kappa shape index (κ2) is 14.4. The Labute approximate surface area is 135 Å². The molecule has 4 unspecified atom stereocenters. The van der Waals surface area contributed by atoms with E-state index in [-0.39, 0.29) is 24.3 Å². The molecular weight excluding hydrogens is 284 g/mol. The summed E-state index contributed by atoms with van der Waals surface area (Å²) in [6.07, 6.45) is 2.09. The van der Waals surface area contributed by atoms with E-state index in [2.05, 4.69) is 0 Å². The zero-order valence-electron chi connectivity index (χ0n) is 14.8. The first kappa shape index (κ1) is 21.8. The van der Waals surface area contributed by atoms with Crippen LogP contribution in [-0.2, 0) is 18.9 Å². The zero-order valence-corrected chi connectivity index (χ0v) is 14.8. The highest BCUT2D eigenvalue weighted by atomic mass is 16.6. The Morgan fingerprint density at radius 1 is 0.636 bits per heavy atom. The van der Waals surface area contributed by atoms with Gasteiger partial charge in [-0.2, -0.15) is 0 Å². The normalized spacial score (nSPS) is 17.2. The molecule has 0 aliphatic carbocycles. The maximum absolute atomic E-state index is 5.68. The van der Waals surface area contributed by atoms with Gasteiger partial charge in [0.1, 0.15) is 0 Å². The SMILES string of the molecule is CC(N)COCCCCOCC(C)OCC(C)OCC(C)N. The van der Waals surface area contributed by atoms with Gasteiger partial charge in [-0.1, -0.05) is 0 Å². The molecule has 0 rings (SSSR count). The fraction of sp³-hybridized carbons (Fsp3) is 1.00. The molecule has 0 saturated carbocycles. The quantitative estimate of drug-likeness (QED) is 0.442. The summed E-state index contributed by atoms with van der Waals surface area (Å²) in [6, 6.07) is 0.161. The highest BCUT2D eigenvalue weighted by Gasteiger charge is 2.08. The summed E-state index contributed by atoms with van der Waals surface area (Å²) in [6.45, 7) is 11.6. The standard InChI is InChI=1S/C16H36N2O4/c1-13(17)9-19-7-5-6-8-20-11-15(3)22-12-16(4)21-10-14(2)18/h13-16H,5-12,17-18H2,1-4H3. The van der Waals surface area contributed by atoms with Crippen molar-refractivity contribution in [2.24, 2.45) is 11.5 Å². The van der Waals surface area contributed by atoms with Gasteiger partial charge in [0.05, 0.1) is 38.6 Å². The van der Waals surface area contributed by atoms with Crippen LogP contribution in [0.15, 0.2) is 0 Å². The van der Waals surface area contributed by atoms with Crippen LogP contribution >= 0.6 is 0 Å². The van der Waals surface area contributed by atoms with Gasteiger partial charge in [0, 0.05) is 25.3 Å². The van der Waals surface area contributed by atoms with E-state index in [4.69, 9.17) is 30.4 Å². The van der Waals surface area contributed by atoms with Crippen LogP contribution in [0.4, 0.5) is 0 Å². The fourth-order valence-corrected chi connectivity index (χ4v) is 1.64. The topological polar surface area (TPSA) is 89.0 Å². The van der Waals surface area contributed by atoms with Crippen molar-refractivity contribution >= 4 is 0 Å². The monoisotopic (exact) mass is 320 g/mol. The van der Waals surface area contributed by atoms with Crippen molar-refractivity contribution < 1.29 is 18.9 Å². The average Bonchev–Trinajstić information content (AvgIpc) is 2.45. The molecule has 0 aliphatic rings. The molecule has 0 amide bonds. The van der Waals surface area contributed by atoms with Gasteiger partial charge in [-0.3, -0.25) is 0 Å². The highest BCUT2D eigenvalue weighted by molar-refractivity contribution is 4.56. The number of ether oxygens (including phenoxy) is 4. The third-order valence-electron chi connectivity index (χ3n) is 2.82. The summed E-state index contributed by atoms with van der Waals surface area (Å²) in [5.74, 6) is 0. The van der Waals surface area contributed by atoms with Crippen LogP contribution in [0.1, 0.15) is 40.5 Å². The van der Waals surface area contributed by atoms with Crippen molar-refractivity contribution in [3.05, 3.63) is 0 Å². The van der Waals surface area contributed by atoms with Gasteiger partial charge < -0.3 is 30.4 Å². The lowest BCUT2D eigenvalue weighted by Crippen LogP contribution is -2.28. The molecule has 0 radical (unpaired) electrons. The minimum atomic E-state index is 0.0514. The van der Waals surface area contributed by atoms with E-state index in [0.29, 0.717) is 26.4 Å². The van der Waals surface area contributed by atoms with Crippen LogP contribution in [0.3, 0.4) is 0 Å². The van der Waals surface area contributed by atoms with E-state index in [0.717, 1.165) is 26.1 Å². The minimum absolute atomic E-state index is 0.0514. The average molecular weight is 320 g/mol. The summed E-state index contributed by atoms with van der Waals surface area (Å²) >= 11 is 0. The Bertz CT molecular complexity index is 240. The third kappa shape index (κ3) is 16.1. The summed E-state index contributed by atoms with van der Waals surface area (Å²) < 4.78 is 22.2. The predicted octanol–water partition coefficient (Wildman–Crippen LogP) is 1.30. The first-order valence-corrected chi connectivity index (χ1v) is 8.31.